The first-order valence-electron chi connectivity index (χ1n) is 6.42. The lowest BCUT2D eigenvalue weighted by molar-refractivity contribution is -0.145. The summed E-state index contributed by atoms with van der Waals surface area (Å²) >= 11 is 0. The molecule has 0 radical (unpaired) electrons. The van der Waals surface area contributed by atoms with Gasteiger partial charge in [-0.15, -0.1) is 0 Å². The third-order valence-corrected chi connectivity index (χ3v) is 3.60. The van der Waals surface area contributed by atoms with E-state index in [2.05, 4.69) is 15.3 Å². The molecule has 1 aliphatic heterocycles. The molecule has 1 aromatic heterocycles. The van der Waals surface area contributed by atoms with Gasteiger partial charge in [-0.3, -0.25) is 14.9 Å². The van der Waals surface area contributed by atoms with Gasteiger partial charge in [0.1, 0.15) is 6.54 Å². The van der Waals surface area contributed by atoms with E-state index in [1.54, 1.807) is 6.33 Å². The molecule has 0 spiro atoms. The molecule has 0 saturated heterocycles. The van der Waals surface area contributed by atoms with Gasteiger partial charge in [0.05, 0.1) is 23.8 Å². The maximum Gasteiger partial charge on any atom is 0.323 e. The normalized spacial score (nSPS) is 21.8. The van der Waals surface area contributed by atoms with Crippen molar-refractivity contribution in [1.29, 1.82) is 0 Å². The molecule has 1 amide bonds. The largest absolute Gasteiger partial charge is 0.480 e. The SMILES string of the molecule is O=C(O)CN(C(=O)C1Cc2nc[nH]c2CN1)C1CC1. The van der Waals surface area contributed by atoms with Gasteiger partial charge in [-0.25, -0.2) is 4.98 Å². The van der Waals surface area contributed by atoms with Gasteiger partial charge >= 0.3 is 5.97 Å². The van der Waals surface area contributed by atoms with E-state index in [9.17, 15) is 9.59 Å². The summed E-state index contributed by atoms with van der Waals surface area (Å²) in [5, 5.41) is 12.0. The molecule has 7 heteroatoms. The van der Waals surface area contributed by atoms with E-state index in [4.69, 9.17) is 5.11 Å². The Bertz CT molecular complexity index is 509. The Hall–Kier alpha value is -1.89. The highest BCUT2D eigenvalue weighted by atomic mass is 16.4. The van der Waals surface area contributed by atoms with Crippen LogP contribution in [0, 0.1) is 0 Å². The molecule has 102 valence electrons. The first-order valence-corrected chi connectivity index (χ1v) is 6.42. The number of aromatic amines is 1. The van der Waals surface area contributed by atoms with Gasteiger partial charge in [0.15, 0.2) is 0 Å². The van der Waals surface area contributed by atoms with E-state index >= 15 is 0 Å². The lowest BCUT2D eigenvalue weighted by Crippen LogP contribution is -2.51. The van der Waals surface area contributed by atoms with Gasteiger partial charge in [0.25, 0.3) is 0 Å². The number of fused-ring (bicyclic) bond motifs is 1. The van der Waals surface area contributed by atoms with Crippen molar-refractivity contribution in [1.82, 2.24) is 20.2 Å². The average molecular weight is 264 g/mol. The summed E-state index contributed by atoms with van der Waals surface area (Å²) in [5.41, 5.74) is 1.89. The van der Waals surface area contributed by atoms with Crippen LogP contribution in [0.5, 0.6) is 0 Å². The lowest BCUT2D eigenvalue weighted by Gasteiger charge is -2.28. The fourth-order valence-electron chi connectivity index (χ4n) is 2.46. The predicted molar refractivity (Wildman–Crippen MR) is 65.3 cm³/mol. The van der Waals surface area contributed by atoms with Crippen LogP contribution < -0.4 is 5.32 Å². The minimum atomic E-state index is -0.962. The number of aromatic nitrogens is 2. The van der Waals surface area contributed by atoms with Crippen LogP contribution in [-0.2, 0) is 22.6 Å². The molecule has 0 bridgehead atoms. The Morgan fingerprint density at radius 3 is 2.95 bits per heavy atom. The van der Waals surface area contributed by atoms with Crippen LogP contribution in [0.25, 0.3) is 0 Å². The van der Waals surface area contributed by atoms with Crippen LogP contribution in [0.4, 0.5) is 0 Å². The van der Waals surface area contributed by atoms with Gasteiger partial charge < -0.3 is 15.0 Å². The van der Waals surface area contributed by atoms with Crippen molar-refractivity contribution in [2.75, 3.05) is 6.54 Å². The van der Waals surface area contributed by atoms with Crippen LogP contribution in [0.1, 0.15) is 24.2 Å². The number of imidazole rings is 1. The fourth-order valence-corrected chi connectivity index (χ4v) is 2.46. The van der Waals surface area contributed by atoms with Crippen molar-refractivity contribution in [3.8, 4) is 0 Å². The molecule has 1 unspecified atom stereocenters. The monoisotopic (exact) mass is 264 g/mol. The summed E-state index contributed by atoms with van der Waals surface area (Å²) in [4.78, 5) is 32.0. The molecular weight excluding hydrogens is 248 g/mol. The van der Waals surface area contributed by atoms with E-state index < -0.39 is 5.97 Å². The van der Waals surface area contributed by atoms with Crippen LogP contribution in [0.3, 0.4) is 0 Å². The summed E-state index contributed by atoms with van der Waals surface area (Å²) in [6.07, 6.45) is 3.94. The summed E-state index contributed by atoms with van der Waals surface area (Å²) in [7, 11) is 0. The predicted octanol–water partition coefficient (Wildman–Crippen LogP) is -0.500. The zero-order valence-corrected chi connectivity index (χ0v) is 10.4. The smallest absolute Gasteiger partial charge is 0.323 e. The van der Waals surface area contributed by atoms with Crippen molar-refractivity contribution in [3.05, 3.63) is 17.7 Å². The lowest BCUT2D eigenvalue weighted by atomic mass is 10.0. The summed E-state index contributed by atoms with van der Waals surface area (Å²) in [6.45, 7) is 0.354. The fraction of sp³-hybridized carbons (Fsp3) is 0.583. The van der Waals surface area contributed by atoms with E-state index in [0.29, 0.717) is 13.0 Å². The number of carboxylic acids is 1. The number of nitrogens with one attached hydrogen (secondary N) is 2. The number of hydrogen-bond donors (Lipinski definition) is 3. The quantitative estimate of drug-likeness (QED) is 0.681. The molecule has 1 fully saturated rings. The minimum absolute atomic E-state index is 0.103. The topological polar surface area (TPSA) is 98.3 Å². The van der Waals surface area contributed by atoms with Crippen molar-refractivity contribution >= 4 is 11.9 Å². The third-order valence-electron chi connectivity index (χ3n) is 3.60. The van der Waals surface area contributed by atoms with Gasteiger partial charge in [0.2, 0.25) is 5.91 Å². The highest BCUT2D eigenvalue weighted by molar-refractivity contribution is 5.86. The third kappa shape index (κ3) is 2.46. The zero-order valence-electron chi connectivity index (χ0n) is 10.4. The average Bonchev–Trinajstić information content (AvgIpc) is 3.12. The Morgan fingerprint density at radius 2 is 2.26 bits per heavy atom. The number of carbonyl (C=O) groups is 2. The van der Waals surface area contributed by atoms with Gasteiger partial charge in [0, 0.05) is 19.0 Å². The number of carboxylic acid groups (broad SMARTS) is 1. The van der Waals surface area contributed by atoms with E-state index in [-0.39, 0.29) is 24.5 Å². The molecule has 3 rings (SSSR count). The van der Waals surface area contributed by atoms with Crippen LogP contribution >= 0.6 is 0 Å². The zero-order chi connectivity index (χ0) is 13.4. The minimum Gasteiger partial charge on any atom is -0.480 e. The first-order chi connectivity index (χ1) is 9.15. The molecular formula is C12H16N4O3. The number of H-pyrrole nitrogens is 1. The van der Waals surface area contributed by atoms with Gasteiger partial charge in [-0.2, -0.15) is 0 Å². The summed E-state index contributed by atoms with van der Waals surface area (Å²) in [6, 6.07) is -0.262. The van der Waals surface area contributed by atoms with E-state index in [1.165, 1.54) is 4.90 Å². The number of carbonyl (C=O) groups excluding carboxylic acids is 1. The Morgan fingerprint density at radius 1 is 1.47 bits per heavy atom. The molecule has 0 aromatic carbocycles. The second-order valence-corrected chi connectivity index (χ2v) is 5.06. The van der Waals surface area contributed by atoms with Crippen LogP contribution in [-0.4, -0.2) is 50.5 Å². The Kier molecular flexibility index (Phi) is 2.98. The van der Waals surface area contributed by atoms with Gasteiger partial charge in [-0.1, -0.05) is 0 Å². The Labute approximate surface area is 110 Å². The maximum atomic E-state index is 12.4. The van der Waals surface area contributed by atoms with Crippen molar-refractivity contribution < 1.29 is 14.7 Å². The van der Waals surface area contributed by atoms with Crippen molar-refractivity contribution in [2.45, 2.75) is 37.9 Å². The number of hydrogen-bond acceptors (Lipinski definition) is 4. The van der Waals surface area contributed by atoms with Crippen LogP contribution in [0.15, 0.2) is 6.33 Å². The van der Waals surface area contributed by atoms with Crippen molar-refractivity contribution in [2.24, 2.45) is 0 Å². The molecule has 2 aliphatic rings. The van der Waals surface area contributed by atoms with Gasteiger partial charge in [-0.05, 0) is 12.8 Å². The Balaban J connectivity index is 1.71. The van der Waals surface area contributed by atoms with E-state index in [1.807, 2.05) is 0 Å². The molecule has 19 heavy (non-hydrogen) atoms. The molecule has 3 N–H and O–H groups in total. The second kappa shape index (κ2) is 4.65. The number of rotatable bonds is 4. The summed E-state index contributed by atoms with van der Waals surface area (Å²) < 4.78 is 0. The number of aliphatic carboxylic acids is 1. The second-order valence-electron chi connectivity index (χ2n) is 5.06. The molecule has 1 aromatic rings. The van der Waals surface area contributed by atoms with Crippen molar-refractivity contribution in [3.63, 3.8) is 0 Å². The molecule has 7 nitrogen and oxygen atoms in total. The molecule has 1 saturated carbocycles. The summed E-state index contributed by atoms with van der Waals surface area (Å²) in [5.74, 6) is -1.09. The standard InChI is InChI=1S/C12H16N4O3/c17-11(18)5-16(7-1-2-7)12(19)9-3-8-10(4-13-9)15-6-14-8/h6-7,9,13H,1-5H2,(H,14,15)(H,17,18). The van der Waals surface area contributed by atoms with Crippen LogP contribution in [0.2, 0.25) is 0 Å². The molecule has 2 heterocycles. The number of nitrogens with zero attached hydrogens (tertiary/aromatic N) is 2. The molecule has 1 aliphatic carbocycles. The first kappa shape index (κ1) is 12.2. The highest BCUT2D eigenvalue weighted by Gasteiger charge is 2.38. The maximum absolute atomic E-state index is 12.4. The highest BCUT2D eigenvalue weighted by Crippen LogP contribution is 2.28. The van der Waals surface area contributed by atoms with E-state index in [0.717, 1.165) is 24.2 Å². The number of amides is 1. The molecule has 1 atom stereocenters.